The molecule has 36 heavy (non-hydrogen) atoms. The van der Waals surface area contributed by atoms with E-state index in [-0.39, 0.29) is 0 Å². The van der Waals surface area contributed by atoms with Gasteiger partial charge in [0.2, 0.25) is 5.91 Å². The van der Waals surface area contributed by atoms with Gasteiger partial charge >= 0.3 is 18.3 Å². The quantitative estimate of drug-likeness (QED) is 0.406. The Labute approximate surface area is 201 Å². The largest absolute Gasteiger partial charge is 0.481 e. The molecule has 0 saturated carbocycles. The third-order valence-electron chi connectivity index (χ3n) is 5.91. The van der Waals surface area contributed by atoms with E-state index in [9.17, 15) is 45.8 Å². The van der Waals surface area contributed by atoms with Crippen molar-refractivity contribution in [2.75, 3.05) is 5.32 Å². The standard InChI is InChI=1S/C24H22F6N2O4/c25-23(26,27)11-9-16(17(22(35)36)10-12-24(28,29)30)20(33)32-19-15-7-2-1-5-13(15)14-6-3-4-8-18(14)31-21(19)34/h1-8,16-17,19H,9-12H2,(H,31,34)(H,32,33)(H,35,36)/t16-,17+,19+/m1/s1. The lowest BCUT2D eigenvalue weighted by atomic mass is 9.83. The molecule has 0 radical (unpaired) electrons. The van der Waals surface area contributed by atoms with Crippen molar-refractivity contribution in [2.45, 2.75) is 44.1 Å². The first-order valence-electron chi connectivity index (χ1n) is 10.9. The molecule has 3 rings (SSSR count). The Morgan fingerprint density at radius 1 is 0.861 bits per heavy atom. The molecule has 194 valence electrons. The van der Waals surface area contributed by atoms with Gasteiger partial charge in [0.1, 0.15) is 6.04 Å². The number of carbonyl (C=O) groups is 3. The van der Waals surface area contributed by atoms with Crippen molar-refractivity contribution in [2.24, 2.45) is 11.8 Å². The number of alkyl halides is 6. The van der Waals surface area contributed by atoms with Crippen LogP contribution >= 0.6 is 0 Å². The second-order valence-electron chi connectivity index (χ2n) is 8.42. The molecular formula is C24H22F6N2O4. The molecule has 1 aliphatic rings. The van der Waals surface area contributed by atoms with Gasteiger partial charge in [0.05, 0.1) is 11.8 Å². The maximum atomic E-state index is 13.1. The number of halogens is 6. The number of hydrogen-bond acceptors (Lipinski definition) is 3. The van der Waals surface area contributed by atoms with Gasteiger partial charge in [-0.05, 0) is 30.0 Å². The number of amides is 2. The molecule has 0 saturated heterocycles. The van der Waals surface area contributed by atoms with Crippen LogP contribution < -0.4 is 10.6 Å². The number of para-hydroxylation sites is 1. The summed E-state index contributed by atoms with van der Waals surface area (Å²) in [5, 5.41) is 14.4. The van der Waals surface area contributed by atoms with Crippen LogP contribution in [0.5, 0.6) is 0 Å². The average Bonchev–Trinajstić information content (AvgIpc) is 2.89. The van der Waals surface area contributed by atoms with Gasteiger partial charge in [0.15, 0.2) is 0 Å². The summed E-state index contributed by atoms with van der Waals surface area (Å²) in [4.78, 5) is 37.9. The Balaban J connectivity index is 1.95. The molecule has 2 aromatic carbocycles. The van der Waals surface area contributed by atoms with Crippen LogP contribution in [-0.4, -0.2) is 35.2 Å². The Bertz CT molecular complexity index is 1130. The van der Waals surface area contributed by atoms with E-state index < -0.39 is 73.7 Å². The van der Waals surface area contributed by atoms with E-state index in [1.165, 1.54) is 6.07 Å². The lowest BCUT2D eigenvalue weighted by molar-refractivity contribution is -0.159. The van der Waals surface area contributed by atoms with Crippen molar-refractivity contribution in [3.05, 3.63) is 54.1 Å². The minimum Gasteiger partial charge on any atom is -0.481 e. The summed E-state index contributed by atoms with van der Waals surface area (Å²) in [5.41, 5.74) is 1.86. The highest BCUT2D eigenvalue weighted by atomic mass is 19.4. The topological polar surface area (TPSA) is 95.5 Å². The number of nitrogens with one attached hydrogen (secondary N) is 2. The van der Waals surface area contributed by atoms with Gasteiger partial charge in [-0.1, -0.05) is 42.5 Å². The zero-order chi connectivity index (χ0) is 26.7. The molecule has 12 heteroatoms. The first kappa shape index (κ1) is 27.0. The van der Waals surface area contributed by atoms with E-state index in [4.69, 9.17) is 0 Å². The number of carbonyl (C=O) groups excluding carboxylic acids is 2. The molecule has 0 bridgehead atoms. The number of aliphatic carboxylic acids is 1. The first-order valence-corrected chi connectivity index (χ1v) is 10.9. The van der Waals surface area contributed by atoms with Crippen LogP contribution in [0, 0.1) is 11.8 Å². The zero-order valence-electron chi connectivity index (χ0n) is 18.6. The van der Waals surface area contributed by atoms with Crippen molar-refractivity contribution in [3.63, 3.8) is 0 Å². The van der Waals surface area contributed by atoms with Crippen molar-refractivity contribution in [3.8, 4) is 11.1 Å². The number of hydrogen-bond donors (Lipinski definition) is 3. The predicted molar refractivity (Wildman–Crippen MR) is 117 cm³/mol. The summed E-state index contributed by atoms with van der Waals surface area (Å²) >= 11 is 0. The van der Waals surface area contributed by atoms with Crippen molar-refractivity contribution in [1.29, 1.82) is 0 Å². The van der Waals surface area contributed by atoms with Crippen molar-refractivity contribution < 1.29 is 45.8 Å². The van der Waals surface area contributed by atoms with Crippen LogP contribution in [0.15, 0.2) is 48.5 Å². The normalized spacial score (nSPS) is 17.2. The van der Waals surface area contributed by atoms with Gasteiger partial charge in [0.25, 0.3) is 5.91 Å². The van der Waals surface area contributed by atoms with Gasteiger partial charge in [-0.3, -0.25) is 14.4 Å². The fraction of sp³-hybridized carbons (Fsp3) is 0.375. The summed E-state index contributed by atoms with van der Waals surface area (Å²) in [6, 6.07) is 11.7. The molecule has 0 spiro atoms. The smallest absolute Gasteiger partial charge is 0.389 e. The van der Waals surface area contributed by atoms with E-state index in [0.29, 0.717) is 22.4 Å². The lowest BCUT2D eigenvalue weighted by Gasteiger charge is -2.27. The van der Waals surface area contributed by atoms with E-state index in [0.717, 1.165) is 0 Å². The minimum absolute atomic E-state index is 0.296. The third-order valence-corrected chi connectivity index (χ3v) is 5.91. The lowest BCUT2D eigenvalue weighted by Crippen LogP contribution is -2.43. The monoisotopic (exact) mass is 516 g/mol. The van der Waals surface area contributed by atoms with Crippen molar-refractivity contribution >= 4 is 23.5 Å². The van der Waals surface area contributed by atoms with Crippen LogP contribution in [0.1, 0.15) is 37.3 Å². The molecule has 6 nitrogen and oxygen atoms in total. The highest BCUT2D eigenvalue weighted by Gasteiger charge is 2.41. The number of carboxylic acid groups (broad SMARTS) is 1. The van der Waals surface area contributed by atoms with Crippen molar-refractivity contribution in [1.82, 2.24) is 5.32 Å². The summed E-state index contributed by atoms with van der Waals surface area (Å²) in [6.07, 6.45) is -14.9. The summed E-state index contributed by atoms with van der Waals surface area (Å²) in [6.45, 7) is 0. The van der Waals surface area contributed by atoms with Gasteiger partial charge < -0.3 is 15.7 Å². The maximum absolute atomic E-state index is 13.1. The third kappa shape index (κ3) is 6.76. The molecule has 0 aromatic heterocycles. The van der Waals surface area contributed by atoms with Gasteiger partial charge in [-0.2, -0.15) is 26.3 Å². The van der Waals surface area contributed by atoms with Crippen LogP contribution in [0.4, 0.5) is 32.0 Å². The number of benzene rings is 2. The zero-order valence-corrected chi connectivity index (χ0v) is 18.6. The summed E-state index contributed by atoms with van der Waals surface area (Å²) in [7, 11) is 0. The van der Waals surface area contributed by atoms with Crippen LogP contribution in [0.3, 0.4) is 0 Å². The van der Waals surface area contributed by atoms with Crippen LogP contribution in [-0.2, 0) is 14.4 Å². The van der Waals surface area contributed by atoms with E-state index in [1.54, 1.807) is 42.5 Å². The number of anilines is 1. The fourth-order valence-electron chi connectivity index (χ4n) is 4.21. The fourth-order valence-corrected chi connectivity index (χ4v) is 4.21. The number of carboxylic acids is 1. The first-order chi connectivity index (χ1) is 16.8. The summed E-state index contributed by atoms with van der Waals surface area (Å²) < 4.78 is 77.0. The number of fused-ring (bicyclic) bond motifs is 3. The van der Waals surface area contributed by atoms with E-state index >= 15 is 0 Å². The molecule has 1 heterocycles. The Hall–Kier alpha value is -3.57. The molecule has 0 fully saturated rings. The molecular weight excluding hydrogens is 494 g/mol. The van der Waals surface area contributed by atoms with Gasteiger partial charge in [-0.25, -0.2) is 0 Å². The van der Waals surface area contributed by atoms with E-state index in [2.05, 4.69) is 10.6 Å². The highest BCUT2D eigenvalue weighted by Crippen LogP contribution is 2.38. The molecule has 3 atom stereocenters. The second kappa shape index (κ2) is 10.6. The molecule has 0 aliphatic carbocycles. The SMILES string of the molecule is O=C1Nc2ccccc2-c2ccccc2[C@@H]1NC(=O)[C@H](CCC(F)(F)F)[C@H](CCC(F)(F)F)C(=O)O. The highest BCUT2D eigenvalue weighted by molar-refractivity contribution is 6.04. The minimum atomic E-state index is -4.78. The van der Waals surface area contributed by atoms with Crippen LogP contribution in [0.2, 0.25) is 0 Å². The Morgan fingerprint density at radius 2 is 1.39 bits per heavy atom. The average molecular weight is 516 g/mol. The Morgan fingerprint density at radius 3 is 1.97 bits per heavy atom. The molecule has 2 amide bonds. The number of rotatable bonds is 8. The molecule has 0 unspecified atom stereocenters. The Kier molecular flexibility index (Phi) is 7.95. The maximum Gasteiger partial charge on any atom is 0.389 e. The van der Waals surface area contributed by atoms with E-state index in [1.807, 2.05) is 0 Å². The molecule has 1 aliphatic heterocycles. The van der Waals surface area contributed by atoms with Gasteiger partial charge in [-0.15, -0.1) is 0 Å². The van der Waals surface area contributed by atoms with Gasteiger partial charge in [0, 0.05) is 24.1 Å². The predicted octanol–water partition coefficient (Wildman–Crippen LogP) is 5.47. The summed E-state index contributed by atoms with van der Waals surface area (Å²) in [5.74, 6) is -7.83. The molecule has 3 N–H and O–H groups in total. The molecule has 2 aromatic rings. The second-order valence-corrected chi connectivity index (χ2v) is 8.42. The van der Waals surface area contributed by atoms with Crippen LogP contribution in [0.25, 0.3) is 11.1 Å².